The van der Waals surface area contributed by atoms with E-state index in [0.717, 1.165) is 26.9 Å². The lowest BCUT2D eigenvalue weighted by molar-refractivity contribution is -0.135. The van der Waals surface area contributed by atoms with Gasteiger partial charge in [0.2, 0.25) is 5.91 Å². The molecule has 3 heterocycles. The molecular weight excluding hydrogens is 600 g/mol. The van der Waals surface area contributed by atoms with Crippen LogP contribution in [0.25, 0.3) is 11.3 Å². The van der Waals surface area contributed by atoms with Gasteiger partial charge in [0.25, 0.3) is 0 Å². The first-order valence-electron chi connectivity index (χ1n) is 12.9. The molecule has 0 saturated carbocycles. The van der Waals surface area contributed by atoms with Gasteiger partial charge in [-0.1, -0.05) is 65.6 Å². The van der Waals surface area contributed by atoms with E-state index in [4.69, 9.17) is 16.3 Å². The molecule has 3 aromatic rings. The van der Waals surface area contributed by atoms with Crippen LogP contribution in [0.4, 0.5) is 9.59 Å². The minimum atomic E-state index is -0.847. The van der Waals surface area contributed by atoms with E-state index in [9.17, 15) is 14.4 Å². The number of methoxy groups -OCH3 is 1. The molecule has 0 spiro atoms. The molecule has 10 nitrogen and oxygen atoms in total. The summed E-state index contributed by atoms with van der Waals surface area (Å²) in [7, 11) is 1.25. The predicted molar refractivity (Wildman–Crippen MR) is 153 cm³/mol. The zero-order valence-corrected chi connectivity index (χ0v) is 24.7. The predicted octanol–water partition coefficient (Wildman–Crippen LogP) is 5.15. The van der Waals surface area contributed by atoms with E-state index in [-0.39, 0.29) is 31.1 Å². The average molecular weight is 630 g/mol. The smallest absolute Gasteiger partial charge is 0.407 e. The van der Waals surface area contributed by atoms with E-state index < -0.39 is 18.2 Å². The fourth-order valence-electron chi connectivity index (χ4n) is 5.12. The van der Waals surface area contributed by atoms with Gasteiger partial charge < -0.3 is 29.7 Å². The molecule has 5 rings (SSSR count). The number of nitrogens with zero attached hydrogens (tertiary/aromatic N) is 4. The molecule has 2 aromatic carbocycles. The molecule has 1 saturated heterocycles. The second kappa shape index (κ2) is 11.5. The number of carbonyl (C=O) groups excluding carboxylic acids is 3. The third kappa shape index (κ3) is 5.53. The Kier molecular flexibility index (Phi) is 8.04. The second-order valence-corrected chi connectivity index (χ2v) is 11.6. The number of rotatable bonds is 5. The topological polar surface area (TPSA) is 111 Å². The lowest BCUT2D eigenvalue weighted by atomic mass is 10.0. The monoisotopic (exact) mass is 628 g/mol. The summed E-state index contributed by atoms with van der Waals surface area (Å²) in [6.07, 6.45) is 1.02. The van der Waals surface area contributed by atoms with Gasteiger partial charge in [-0.15, -0.1) is 0 Å². The molecule has 0 bridgehead atoms. The molecule has 4 amide bonds. The van der Waals surface area contributed by atoms with Crippen LogP contribution < -0.4 is 5.32 Å². The quantitative estimate of drug-likeness (QED) is 0.406. The maximum Gasteiger partial charge on any atom is 0.407 e. The molecule has 2 aliphatic rings. The van der Waals surface area contributed by atoms with Crippen LogP contribution in [0, 0.1) is 5.92 Å². The molecule has 1 unspecified atom stereocenters. The standard InChI is InChI=1S/C28H30BrClN6O4/c1-16(2)24(33-27(38)40-3)26(37)36-15-35(28(39)34-12-18-5-4-6-21(30)20(18)13-34)14-23(36)25-31-11-22(32-25)17-7-9-19(29)10-8-17/h4-11,16,23-24H,12-15H2,1-3H3,(H,31,32)(H,33,38)/t23?,24-/m0/s1. The van der Waals surface area contributed by atoms with Crippen molar-refractivity contribution in [3.8, 4) is 11.3 Å². The number of benzene rings is 2. The number of aromatic amines is 1. The van der Waals surface area contributed by atoms with E-state index in [1.807, 2.05) is 56.3 Å². The molecule has 0 aliphatic carbocycles. The zero-order valence-electron chi connectivity index (χ0n) is 22.4. The molecule has 2 aliphatic heterocycles. The number of halogens is 2. The summed E-state index contributed by atoms with van der Waals surface area (Å²) in [4.78, 5) is 52.6. The fraction of sp³-hybridized carbons (Fsp3) is 0.357. The summed E-state index contributed by atoms with van der Waals surface area (Å²) < 4.78 is 5.72. The van der Waals surface area contributed by atoms with Gasteiger partial charge in [0.1, 0.15) is 17.9 Å². The van der Waals surface area contributed by atoms with Gasteiger partial charge in [-0.3, -0.25) is 4.79 Å². The number of amides is 4. The highest BCUT2D eigenvalue weighted by Crippen LogP contribution is 2.34. The molecule has 0 radical (unpaired) electrons. The van der Waals surface area contributed by atoms with Crippen LogP contribution in [0.3, 0.4) is 0 Å². The second-order valence-electron chi connectivity index (χ2n) is 10.3. The van der Waals surface area contributed by atoms with Crippen LogP contribution in [0.2, 0.25) is 5.02 Å². The third-order valence-electron chi connectivity index (χ3n) is 7.30. The Bertz CT molecular complexity index is 1430. The lowest BCUT2D eigenvalue weighted by Crippen LogP contribution is -2.52. The summed E-state index contributed by atoms with van der Waals surface area (Å²) in [6, 6.07) is 11.9. The molecule has 2 atom stereocenters. The number of hydrogen-bond acceptors (Lipinski definition) is 5. The molecule has 2 N–H and O–H groups in total. The van der Waals surface area contributed by atoms with Gasteiger partial charge in [-0.2, -0.15) is 0 Å². The Hall–Kier alpha value is -3.57. The number of urea groups is 1. The summed E-state index contributed by atoms with van der Waals surface area (Å²) >= 11 is 9.83. The maximum absolute atomic E-state index is 13.9. The van der Waals surface area contributed by atoms with Crippen molar-refractivity contribution < 1.29 is 19.1 Å². The number of carbonyl (C=O) groups is 3. The van der Waals surface area contributed by atoms with Crippen molar-refractivity contribution in [1.82, 2.24) is 30.0 Å². The Morgan fingerprint density at radius 2 is 1.88 bits per heavy atom. The molecule has 1 aromatic heterocycles. The van der Waals surface area contributed by atoms with Gasteiger partial charge >= 0.3 is 12.1 Å². The van der Waals surface area contributed by atoms with Gasteiger partial charge in [-0.25, -0.2) is 14.6 Å². The normalized spacial score (nSPS) is 17.2. The van der Waals surface area contributed by atoms with Crippen LogP contribution in [0.5, 0.6) is 0 Å². The van der Waals surface area contributed by atoms with Gasteiger partial charge in [0.15, 0.2) is 0 Å². The van der Waals surface area contributed by atoms with Crippen LogP contribution in [-0.2, 0) is 22.6 Å². The van der Waals surface area contributed by atoms with Crippen LogP contribution in [-0.4, -0.2) is 69.1 Å². The summed E-state index contributed by atoms with van der Waals surface area (Å²) in [5.74, 6) is 0.00657. The summed E-state index contributed by atoms with van der Waals surface area (Å²) in [6.45, 7) is 4.81. The Morgan fingerprint density at radius 1 is 1.12 bits per heavy atom. The molecule has 1 fully saturated rings. The summed E-state index contributed by atoms with van der Waals surface area (Å²) in [5, 5.41) is 3.29. The first-order valence-corrected chi connectivity index (χ1v) is 14.1. The molecular formula is C28H30BrClN6O4. The van der Waals surface area contributed by atoms with E-state index in [2.05, 4.69) is 31.2 Å². The first kappa shape index (κ1) is 28.0. The van der Waals surface area contributed by atoms with E-state index in [1.165, 1.54) is 7.11 Å². The number of imidazole rings is 1. The summed E-state index contributed by atoms with van der Waals surface area (Å²) in [5.41, 5.74) is 3.67. The number of ether oxygens (including phenoxy) is 1. The number of hydrogen-bond donors (Lipinski definition) is 2. The fourth-order valence-corrected chi connectivity index (χ4v) is 5.64. The number of aromatic nitrogens is 2. The minimum absolute atomic E-state index is 0.0449. The Balaban J connectivity index is 1.43. The minimum Gasteiger partial charge on any atom is -0.453 e. The maximum atomic E-state index is 13.9. The Labute approximate surface area is 245 Å². The van der Waals surface area contributed by atoms with Crippen molar-refractivity contribution in [2.75, 3.05) is 20.3 Å². The van der Waals surface area contributed by atoms with Gasteiger partial charge in [0.05, 0.1) is 32.2 Å². The molecule has 210 valence electrons. The third-order valence-corrected chi connectivity index (χ3v) is 8.18. The van der Waals surface area contributed by atoms with Crippen molar-refractivity contribution >= 4 is 45.6 Å². The van der Waals surface area contributed by atoms with Gasteiger partial charge in [-0.05, 0) is 40.8 Å². The van der Waals surface area contributed by atoms with Crippen molar-refractivity contribution in [3.63, 3.8) is 0 Å². The molecule has 12 heteroatoms. The number of alkyl carbamates (subject to hydrolysis) is 1. The van der Waals surface area contributed by atoms with Crippen molar-refractivity contribution in [3.05, 3.63) is 75.1 Å². The first-order chi connectivity index (χ1) is 19.2. The van der Waals surface area contributed by atoms with Crippen molar-refractivity contribution in [2.24, 2.45) is 5.92 Å². The highest BCUT2D eigenvalue weighted by molar-refractivity contribution is 9.10. The highest BCUT2D eigenvalue weighted by Gasteiger charge is 2.43. The van der Waals surface area contributed by atoms with E-state index in [0.29, 0.717) is 23.9 Å². The number of fused-ring (bicyclic) bond motifs is 1. The average Bonchev–Trinajstić information content (AvgIpc) is 3.69. The van der Waals surface area contributed by atoms with Crippen molar-refractivity contribution in [1.29, 1.82) is 0 Å². The van der Waals surface area contributed by atoms with E-state index in [1.54, 1.807) is 20.9 Å². The SMILES string of the molecule is COC(=O)N[C@H](C(=O)N1CN(C(=O)N2Cc3cccc(Cl)c3C2)CC1c1ncc(-c2ccc(Br)cc2)[nH]1)C(C)C. The van der Waals surface area contributed by atoms with Crippen molar-refractivity contribution in [2.45, 2.75) is 39.0 Å². The Morgan fingerprint density at radius 3 is 2.55 bits per heavy atom. The largest absolute Gasteiger partial charge is 0.453 e. The van der Waals surface area contributed by atoms with E-state index >= 15 is 0 Å². The van der Waals surface area contributed by atoms with Crippen LogP contribution in [0.1, 0.15) is 36.8 Å². The highest BCUT2D eigenvalue weighted by atomic mass is 79.9. The zero-order chi connectivity index (χ0) is 28.6. The number of H-pyrrole nitrogens is 1. The van der Waals surface area contributed by atoms with Crippen LogP contribution >= 0.6 is 27.5 Å². The van der Waals surface area contributed by atoms with Gasteiger partial charge in [0, 0.05) is 22.6 Å². The number of nitrogens with one attached hydrogen (secondary N) is 2. The molecule has 40 heavy (non-hydrogen) atoms. The lowest BCUT2D eigenvalue weighted by Gasteiger charge is -2.29. The van der Waals surface area contributed by atoms with Crippen LogP contribution in [0.15, 0.2) is 53.1 Å².